The number of nitrogens with one attached hydrogen (secondary N) is 1. The van der Waals surface area contributed by atoms with Crippen LogP contribution < -0.4 is 5.32 Å². The van der Waals surface area contributed by atoms with Gasteiger partial charge in [-0.25, -0.2) is 8.78 Å². The molecule has 4 saturated carbocycles. The van der Waals surface area contributed by atoms with Crippen molar-refractivity contribution in [2.75, 3.05) is 0 Å². The van der Waals surface area contributed by atoms with E-state index in [0.29, 0.717) is 17.8 Å². The van der Waals surface area contributed by atoms with Crippen molar-refractivity contribution in [1.29, 1.82) is 0 Å². The predicted molar refractivity (Wildman–Crippen MR) is 69.2 cm³/mol. The van der Waals surface area contributed by atoms with Crippen LogP contribution in [0.2, 0.25) is 0 Å². The zero-order chi connectivity index (χ0) is 15.4. The SMILES string of the molecule is CC(NC(=O)C(F)(F)C(F)F)C12CC3CC(CC(C3)C1)C2. The summed E-state index contributed by atoms with van der Waals surface area (Å²) < 4.78 is 50.7. The van der Waals surface area contributed by atoms with Crippen molar-refractivity contribution in [2.45, 2.75) is 63.8 Å². The molecule has 6 heteroatoms. The summed E-state index contributed by atoms with van der Waals surface area (Å²) in [5.74, 6) is -4.58. The van der Waals surface area contributed by atoms with E-state index in [1.807, 2.05) is 0 Å². The Morgan fingerprint density at radius 1 is 1.10 bits per heavy atom. The first-order chi connectivity index (χ1) is 9.73. The monoisotopic (exact) mass is 307 g/mol. The van der Waals surface area contributed by atoms with E-state index in [4.69, 9.17) is 0 Å². The summed E-state index contributed by atoms with van der Waals surface area (Å²) in [4.78, 5) is 11.5. The van der Waals surface area contributed by atoms with Crippen LogP contribution in [0.3, 0.4) is 0 Å². The van der Waals surface area contributed by atoms with Crippen LogP contribution in [-0.2, 0) is 4.79 Å². The summed E-state index contributed by atoms with van der Waals surface area (Å²) >= 11 is 0. The highest BCUT2D eigenvalue weighted by Gasteiger charge is 2.55. The number of alkyl halides is 4. The third kappa shape index (κ3) is 2.44. The molecule has 120 valence electrons. The van der Waals surface area contributed by atoms with E-state index in [2.05, 4.69) is 5.32 Å². The predicted octanol–water partition coefficient (Wildman–Crippen LogP) is 3.61. The van der Waals surface area contributed by atoms with Crippen molar-refractivity contribution in [1.82, 2.24) is 5.32 Å². The average Bonchev–Trinajstić information content (AvgIpc) is 2.36. The molecule has 4 aliphatic rings. The molecule has 0 spiro atoms. The summed E-state index contributed by atoms with van der Waals surface area (Å²) in [5, 5.41) is 2.19. The highest BCUT2D eigenvalue weighted by molar-refractivity contribution is 5.84. The van der Waals surface area contributed by atoms with E-state index in [1.165, 1.54) is 19.3 Å². The van der Waals surface area contributed by atoms with Crippen LogP contribution >= 0.6 is 0 Å². The summed E-state index contributed by atoms with van der Waals surface area (Å²) in [5.41, 5.74) is -0.164. The number of hydrogen-bond acceptors (Lipinski definition) is 1. The number of rotatable bonds is 4. The van der Waals surface area contributed by atoms with E-state index >= 15 is 0 Å². The van der Waals surface area contributed by atoms with Crippen LogP contribution in [0.15, 0.2) is 0 Å². The lowest BCUT2D eigenvalue weighted by Crippen LogP contribution is -2.58. The maximum absolute atomic E-state index is 13.1. The van der Waals surface area contributed by atoms with Crippen LogP contribution in [0.1, 0.15) is 45.4 Å². The van der Waals surface area contributed by atoms with E-state index in [9.17, 15) is 22.4 Å². The fraction of sp³-hybridized carbons (Fsp3) is 0.933. The van der Waals surface area contributed by atoms with Gasteiger partial charge in [0.15, 0.2) is 0 Å². The third-order valence-electron chi connectivity index (χ3n) is 5.93. The van der Waals surface area contributed by atoms with Crippen molar-refractivity contribution >= 4 is 5.91 Å². The minimum atomic E-state index is -4.60. The van der Waals surface area contributed by atoms with Gasteiger partial charge < -0.3 is 5.32 Å². The Labute approximate surface area is 121 Å². The minimum absolute atomic E-state index is 0.164. The van der Waals surface area contributed by atoms with Gasteiger partial charge in [0, 0.05) is 6.04 Å². The van der Waals surface area contributed by atoms with Gasteiger partial charge in [-0.3, -0.25) is 4.79 Å². The Morgan fingerprint density at radius 3 is 1.90 bits per heavy atom. The summed E-state index contributed by atoms with van der Waals surface area (Å²) in [6.45, 7) is 1.70. The van der Waals surface area contributed by atoms with Gasteiger partial charge in [0.1, 0.15) is 0 Å². The van der Waals surface area contributed by atoms with Gasteiger partial charge >= 0.3 is 12.3 Å². The van der Waals surface area contributed by atoms with E-state index < -0.39 is 24.3 Å². The van der Waals surface area contributed by atoms with Crippen LogP contribution in [0.5, 0.6) is 0 Å². The average molecular weight is 307 g/mol. The van der Waals surface area contributed by atoms with E-state index in [-0.39, 0.29) is 5.41 Å². The van der Waals surface area contributed by atoms with Gasteiger partial charge in [-0.05, 0) is 68.6 Å². The second kappa shape index (κ2) is 4.85. The Bertz CT molecular complexity index is 402. The Balaban J connectivity index is 1.71. The van der Waals surface area contributed by atoms with Gasteiger partial charge in [-0.2, -0.15) is 8.78 Å². The topological polar surface area (TPSA) is 29.1 Å². The smallest absolute Gasteiger partial charge is 0.348 e. The number of amides is 1. The lowest BCUT2D eigenvalue weighted by atomic mass is 9.48. The summed E-state index contributed by atoms with van der Waals surface area (Å²) in [6, 6.07) is -0.469. The first kappa shape index (κ1) is 15.1. The second-order valence-corrected chi connectivity index (χ2v) is 7.40. The highest BCUT2D eigenvalue weighted by atomic mass is 19.3. The molecule has 0 aromatic rings. The standard InChI is InChI=1S/C15H21F4NO/c1-8(20-13(21)15(18,19)12(16)17)14-5-9-2-10(6-14)4-11(3-9)7-14/h8-12H,2-7H2,1H3,(H,20,21). The first-order valence-electron chi connectivity index (χ1n) is 7.70. The molecule has 21 heavy (non-hydrogen) atoms. The highest BCUT2D eigenvalue weighted by Crippen LogP contribution is 2.61. The van der Waals surface area contributed by atoms with Gasteiger partial charge in [0.2, 0.25) is 0 Å². The Hall–Kier alpha value is -0.810. The molecule has 0 radical (unpaired) electrons. The molecule has 1 unspecified atom stereocenters. The maximum atomic E-state index is 13.1. The summed E-state index contributed by atoms with van der Waals surface area (Å²) in [7, 11) is 0. The molecule has 4 rings (SSSR count). The summed E-state index contributed by atoms with van der Waals surface area (Å²) in [6.07, 6.45) is 2.44. The fourth-order valence-corrected chi connectivity index (χ4v) is 5.25. The molecule has 4 fully saturated rings. The normalized spacial score (nSPS) is 39.6. The molecular weight excluding hydrogens is 286 g/mol. The largest absolute Gasteiger partial charge is 0.383 e. The van der Waals surface area contributed by atoms with Crippen LogP contribution in [-0.4, -0.2) is 24.3 Å². The van der Waals surface area contributed by atoms with E-state index in [0.717, 1.165) is 19.3 Å². The van der Waals surface area contributed by atoms with Crippen LogP contribution in [0, 0.1) is 23.2 Å². The maximum Gasteiger partial charge on any atom is 0.383 e. The first-order valence-corrected chi connectivity index (χ1v) is 7.70. The lowest BCUT2D eigenvalue weighted by molar-refractivity contribution is -0.172. The van der Waals surface area contributed by atoms with Gasteiger partial charge in [-0.1, -0.05) is 0 Å². The van der Waals surface area contributed by atoms with Gasteiger partial charge in [-0.15, -0.1) is 0 Å². The molecule has 4 bridgehead atoms. The van der Waals surface area contributed by atoms with Crippen molar-refractivity contribution in [3.63, 3.8) is 0 Å². The number of carbonyl (C=O) groups excluding carboxylic acids is 1. The van der Waals surface area contributed by atoms with Crippen molar-refractivity contribution in [3.05, 3.63) is 0 Å². The quantitative estimate of drug-likeness (QED) is 0.790. The number of hydrogen-bond donors (Lipinski definition) is 1. The van der Waals surface area contributed by atoms with Crippen molar-refractivity contribution in [2.24, 2.45) is 23.2 Å². The molecule has 1 amide bonds. The van der Waals surface area contributed by atoms with Gasteiger partial charge in [0.25, 0.3) is 5.91 Å². The molecule has 0 heterocycles. The van der Waals surface area contributed by atoms with Crippen molar-refractivity contribution < 1.29 is 22.4 Å². The molecule has 0 aromatic carbocycles. The zero-order valence-electron chi connectivity index (χ0n) is 12.0. The lowest BCUT2D eigenvalue weighted by Gasteiger charge is -2.59. The molecule has 0 saturated heterocycles. The molecule has 0 aliphatic heterocycles. The van der Waals surface area contributed by atoms with Gasteiger partial charge in [0.05, 0.1) is 0 Å². The Morgan fingerprint density at radius 2 is 1.52 bits per heavy atom. The number of halogens is 4. The molecule has 1 N–H and O–H groups in total. The second-order valence-electron chi connectivity index (χ2n) is 7.40. The third-order valence-corrected chi connectivity index (χ3v) is 5.93. The molecule has 2 nitrogen and oxygen atoms in total. The molecular formula is C15H21F4NO. The Kier molecular flexibility index (Phi) is 3.49. The molecule has 4 aliphatic carbocycles. The molecule has 0 aromatic heterocycles. The zero-order valence-corrected chi connectivity index (χ0v) is 12.0. The number of carbonyl (C=O) groups is 1. The van der Waals surface area contributed by atoms with Crippen molar-refractivity contribution in [3.8, 4) is 0 Å². The fourth-order valence-electron chi connectivity index (χ4n) is 5.25. The van der Waals surface area contributed by atoms with Crippen LogP contribution in [0.4, 0.5) is 17.6 Å². The van der Waals surface area contributed by atoms with E-state index in [1.54, 1.807) is 6.92 Å². The van der Waals surface area contributed by atoms with Crippen LogP contribution in [0.25, 0.3) is 0 Å². The molecule has 1 atom stereocenters. The minimum Gasteiger partial charge on any atom is -0.348 e.